The van der Waals surface area contributed by atoms with Crippen molar-refractivity contribution in [3.8, 4) is 0 Å². The van der Waals surface area contributed by atoms with Crippen molar-refractivity contribution in [1.82, 2.24) is 4.98 Å². The van der Waals surface area contributed by atoms with Crippen LogP contribution in [0.15, 0.2) is 52.2 Å². The fourth-order valence-corrected chi connectivity index (χ4v) is 5.07. The van der Waals surface area contributed by atoms with Crippen molar-refractivity contribution in [1.29, 1.82) is 0 Å². The Bertz CT molecular complexity index is 1100. The second kappa shape index (κ2) is 9.40. The predicted octanol–water partition coefficient (Wildman–Crippen LogP) is 4.17. The lowest BCUT2D eigenvalue weighted by atomic mass is 9.96. The first kappa shape index (κ1) is 23.3. The molecule has 1 aliphatic rings. The highest BCUT2D eigenvalue weighted by Gasteiger charge is 2.34. The van der Waals surface area contributed by atoms with Crippen LogP contribution in [0.25, 0.3) is 5.57 Å². The molecule has 31 heavy (non-hydrogen) atoms. The first-order chi connectivity index (χ1) is 14.6. The first-order valence-corrected chi connectivity index (χ1v) is 11.7. The lowest BCUT2D eigenvalue weighted by Gasteiger charge is -2.14. The van der Waals surface area contributed by atoms with Crippen LogP contribution in [0.3, 0.4) is 0 Å². The Balaban J connectivity index is 2.01. The van der Waals surface area contributed by atoms with Crippen LogP contribution in [-0.4, -0.2) is 30.9 Å². The highest BCUT2D eigenvalue weighted by atomic mass is 32.2. The van der Waals surface area contributed by atoms with Gasteiger partial charge in [-0.2, -0.15) is 13.2 Å². The van der Waals surface area contributed by atoms with Gasteiger partial charge in [-0.1, -0.05) is 31.1 Å². The molecule has 0 spiro atoms. The van der Waals surface area contributed by atoms with Gasteiger partial charge in [0, 0.05) is 17.9 Å². The summed E-state index contributed by atoms with van der Waals surface area (Å²) in [6.45, 7) is -0.229. The number of alkyl halides is 3. The third kappa shape index (κ3) is 5.65. The maximum atomic E-state index is 13.0. The average molecular weight is 455 g/mol. The molecule has 1 saturated carbocycles. The number of aliphatic hydroxyl groups excluding tert-OH is 1. The molecule has 0 atom stereocenters. The molecular formula is C22H24F3NO4S. The smallest absolute Gasteiger partial charge is 0.396 e. The lowest BCUT2D eigenvalue weighted by molar-refractivity contribution is -0.138. The van der Waals surface area contributed by atoms with Crippen LogP contribution in [0.5, 0.6) is 0 Å². The molecule has 9 heteroatoms. The van der Waals surface area contributed by atoms with E-state index in [2.05, 4.69) is 4.98 Å². The zero-order valence-corrected chi connectivity index (χ0v) is 17.6. The molecule has 0 radical (unpaired) electrons. The first-order valence-electron chi connectivity index (χ1n) is 10.1. The van der Waals surface area contributed by atoms with Crippen molar-refractivity contribution in [2.24, 2.45) is 5.92 Å². The van der Waals surface area contributed by atoms with Crippen molar-refractivity contribution in [3.05, 3.63) is 69.6 Å². The highest BCUT2D eigenvalue weighted by molar-refractivity contribution is 7.91. The molecule has 1 aromatic carbocycles. The summed E-state index contributed by atoms with van der Waals surface area (Å²) >= 11 is 0. The molecule has 1 aromatic heterocycles. The van der Waals surface area contributed by atoms with Gasteiger partial charge in [-0.25, -0.2) is 8.42 Å². The molecule has 5 nitrogen and oxygen atoms in total. The molecule has 1 aliphatic carbocycles. The third-order valence-corrected chi connectivity index (χ3v) is 7.22. The van der Waals surface area contributed by atoms with Crippen LogP contribution >= 0.6 is 0 Å². The van der Waals surface area contributed by atoms with Crippen molar-refractivity contribution in [2.45, 2.75) is 43.2 Å². The van der Waals surface area contributed by atoms with Crippen LogP contribution in [-0.2, 0) is 16.0 Å². The fourth-order valence-electron chi connectivity index (χ4n) is 3.77. The zero-order chi connectivity index (χ0) is 22.6. The van der Waals surface area contributed by atoms with Gasteiger partial charge in [0.1, 0.15) is 5.56 Å². The Hall–Kier alpha value is -2.39. The van der Waals surface area contributed by atoms with Crippen molar-refractivity contribution < 1.29 is 26.7 Å². The van der Waals surface area contributed by atoms with Crippen LogP contribution in [0, 0.1) is 5.92 Å². The standard InChI is InChI=1S/C22H24F3NO4S/c23-22(24,25)19-10-11-20(26-21(19)28)18(14-15-4-1-2-5-15)16-6-8-17(9-7-16)31(29,30)13-3-12-27/h6-11,14-15,27H,1-5,12-13H2,(H,26,28). The number of aromatic amines is 1. The monoisotopic (exact) mass is 455 g/mol. The second-order valence-electron chi connectivity index (χ2n) is 7.66. The number of sulfone groups is 1. The number of aliphatic hydroxyl groups is 1. The number of H-pyrrole nitrogens is 1. The largest absolute Gasteiger partial charge is 0.421 e. The number of pyridine rings is 1. The van der Waals surface area contributed by atoms with E-state index in [4.69, 9.17) is 5.11 Å². The van der Waals surface area contributed by atoms with Crippen LogP contribution in [0.4, 0.5) is 13.2 Å². The topological polar surface area (TPSA) is 87.2 Å². The summed E-state index contributed by atoms with van der Waals surface area (Å²) in [5.74, 6) is 0.0496. The van der Waals surface area contributed by atoms with Crippen LogP contribution in [0.1, 0.15) is 48.9 Å². The molecule has 0 saturated heterocycles. The molecular weight excluding hydrogens is 431 g/mol. The van der Waals surface area contributed by atoms with Crippen LogP contribution < -0.4 is 5.56 Å². The number of benzene rings is 1. The molecule has 2 N–H and O–H groups in total. The Morgan fingerprint density at radius 3 is 2.29 bits per heavy atom. The Kier molecular flexibility index (Phi) is 7.06. The van der Waals surface area contributed by atoms with Gasteiger partial charge in [0.05, 0.1) is 10.6 Å². The quantitative estimate of drug-likeness (QED) is 0.656. The van der Waals surface area contributed by atoms with Gasteiger partial charge in [-0.3, -0.25) is 4.79 Å². The number of hydrogen-bond donors (Lipinski definition) is 2. The van der Waals surface area contributed by atoms with E-state index < -0.39 is 27.1 Å². The van der Waals surface area contributed by atoms with Gasteiger partial charge >= 0.3 is 6.18 Å². The van der Waals surface area contributed by atoms with Crippen molar-refractivity contribution >= 4 is 15.4 Å². The van der Waals surface area contributed by atoms with Gasteiger partial charge in [0.15, 0.2) is 9.84 Å². The van der Waals surface area contributed by atoms with E-state index in [0.29, 0.717) is 11.1 Å². The molecule has 0 amide bonds. The minimum absolute atomic E-state index is 0.103. The number of hydrogen-bond acceptors (Lipinski definition) is 4. The van der Waals surface area contributed by atoms with E-state index in [1.165, 1.54) is 18.2 Å². The van der Waals surface area contributed by atoms with Gasteiger partial charge in [0.25, 0.3) is 5.56 Å². The third-order valence-electron chi connectivity index (χ3n) is 5.40. The summed E-state index contributed by atoms with van der Waals surface area (Å²) in [6, 6.07) is 8.05. The Labute approximate surface area is 178 Å². The van der Waals surface area contributed by atoms with Gasteiger partial charge < -0.3 is 10.1 Å². The normalized spacial score (nSPS) is 16.1. The molecule has 168 valence electrons. The lowest BCUT2D eigenvalue weighted by Crippen LogP contribution is -2.22. The number of rotatable bonds is 7. The van der Waals surface area contributed by atoms with Gasteiger partial charge in [-0.05, 0) is 55.0 Å². The Morgan fingerprint density at radius 1 is 1.10 bits per heavy atom. The summed E-state index contributed by atoms with van der Waals surface area (Å²) in [7, 11) is -3.54. The average Bonchev–Trinajstić information content (AvgIpc) is 3.23. The predicted molar refractivity (Wildman–Crippen MR) is 111 cm³/mol. The molecule has 1 fully saturated rings. The SMILES string of the molecule is O=c1[nH]c(C(=CC2CCCC2)c2ccc(S(=O)(=O)CCCO)cc2)ccc1C(F)(F)F. The van der Waals surface area contributed by atoms with Gasteiger partial charge in [0.2, 0.25) is 0 Å². The summed E-state index contributed by atoms with van der Waals surface area (Å²) < 4.78 is 63.5. The van der Waals surface area contributed by atoms with E-state index >= 15 is 0 Å². The fraction of sp³-hybridized carbons (Fsp3) is 0.409. The minimum atomic E-state index is -4.74. The number of halogens is 3. The van der Waals surface area contributed by atoms with E-state index in [9.17, 15) is 26.4 Å². The second-order valence-corrected chi connectivity index (χ2v) is 9.77. The van der Waals surface area contributed by atoms with Crippen molar-refractivity contribution in [3.63, 3.8) is 0 Å². The maximum absolute atomic E-state index is 13.0. The molecule has 0 bridgehead atoms. The molecule has 3 rings (SSSR count). The van der Waals surface area contributed by atoms with Gasteiger partial charge in [-0.15, -0.1) is 0 Å². The maximum Gasteiger partial charge on any atom is 0.421 e. The van der Waals surface area contributed by atoms with Crippen molar-refractivity contribution in [2.75, 3.05) is 12.4 Å². The van der Waals surface area contributed by atoms with E-state index in [0.717, 1.165) is 31.7 Å². The molecule has 2 aromatic rings. The Morgan fingerprint density at radius 2 is 1.74 bits per heavy atom. The van der Waals surface area contributed by atoms with E-state index in [1.807, 2.05) is 6.08 Å². The molecule has 1 heterocycles. The summed E-state index contributed by atoms with van der Waals surface area (Å²) in [5.41, 5.74) is -1.06. The number of aromatic nitrogens is 1. The summed E-state index contributed by atoms with van der Waals surface area (Å²) in [5, 5.41) is 8.88. The highest BCUT2D eigenvalue weighted by Crippen LogP contribution is 2.33. The van der Waals surface area contributed by atoms with Crippen LogP contribution in [0.2, 0.25) is 0 Å². The molecule has 0 unspecified atom stereocenters. The summed E-state index contributed by atoms with van der Waals surface area (Å²) in [4.78, 5) is 14.5. The van der Waals surface area contributed by atoms with E-state index in [-0.39, 0.29) is 35.3 Å². The number of nitrogens with one attached hydrogen (secondary N) is 1. The van der Waals surface area contributed by atoms with E-state index in [1.54, 1.807) is 12.1 Å². The minimum Gasteiger partial charge on any atom is -0.396 e. The summed E-state index contributed by atoms with van der Waals surface area (Å²) in [6.07, 6.45) is 1.33. The zero-order valence-electron chi connectivity index (χ0n) is 16.8. The molecule has 0 aliphatic heterocycles. The number of allylic oxidation sites excluding steroid dienone is 1.